The van der Waals surface area contributed by atoms with Crippen LogP contribution in [0.15, 0.2) is 6.33 Å². The smallest absolute Gasteiger partial charge is 0.325 e. The van der Waals surface area contributed by atoms with Crippen molar-refractivity contribution >= 4 is 17.6 Å². The van der Waals surface area contributed by atoms with Crippen molar-refractivity contribution in [1.29, 1.82) is 0 Å². The molecule has 0 saturated carbocycles. The summed E-state index contributed by atoms with van der Waals surface area (Å²) in [5.74, 6) is 1.14. The molecule has 1 aromatic heterocycles. The van der Waals surface area contributed by atoms with Crippen LogP contribution < -0.4 is 10.6 Å². The van der Waals surface area contributed by atoms with Crippen LogP contribution in [0, 0.1) is 0 Å². The van der Waals surface area contributed by atoms with Gasteiger partial charge in [-0.25, -0.2) is 9.97 Å². The van der Waals surface area contributed by atoms with Gasteiger partial charge in [0.15, 0.2) is 0 Å². The number of carbonyl (C=O) groups is 1. The number of esters is 1. The van der Waals surface area contributed by atoms with E-state index in [0.29, 0.717) is 5.82 Å². The molecule has 94 valence electrons. The molecule has 6 heteroatoms. The van der Waals surface area contributed by atoms with Gasteiger partial charge in [0.25, 0.3) is 0 Å². The predicted molar refractivity (Wildman–Crippen MR) is 66.1 cm³/mol. The topological polar surface area (TPSA) is 76.1 Å². The van der Waals surface area contributed by atoms with Crippen LogP contribution >= 0.6 is 0 Å². The second-order valence-electron chi connectivity index (χ2n) is 3.48. The highest BCUT2D eigenvalue weighted by atomic mass is 16.5. The molecule has 0 aliphatic rings. The third-order valence-corrected chi connectivity index (χ3v) is 2.31. The van der Waals surface area contributed by atoms with Crippen molar-refractivity contribution in [2.45, 2.75) is 19.8 Å². The molecule has 2 N–H and O–H groups in total. The molecule has 0 amide bonds. The van der Waals surface area contributed by atoms with Gasteiger partial charge in [0.05, 0.1) is 7.11 Å². The van der Waals surface area contributed by atoms with Gasteiger partial charge in [-0.15, -0.1) is 0 Å². The molecular weight excluding hydrogens is 220 g/mol. The first kappa shape index (κ1) is 13.2. The maximum Gasteiger partial charge on any atom is 0.325 e. The standard InChI is InChI=1S/C11H18N4O2/c1-4-5-8-10(12-2)14-7-15-11(8)13-6-9(16)17-3/h7H,4-6H2,1-3H3,(H2,12,13,14,15). The summed E-state index contributed by atoms with van der Waals surface area (Å²) >= 11 is 0. The van der Waals surface area contributed by atoms with Crippen molar-refractivity contribution in [1.82, 2.24) is 9.97 Å². The van der Waals surface area contributed by atoms with Gasteiger partial charge in [-0.1, -0.05) is 13.3 Å². The number of rotatable bonds is 6. The zero-order valence-corrected chi connectivity index (χ0v) is 10.4. The first-order valence-electron chi connectivity index (χ1n) is 5.55. The lowest BCUT2D eigenvalue weighted by Gasteiger charge is -2.12. The SMILES string of the molecule is CCCc1c(NC)ncnc1NCC(=O)OC. The lowest BCUT2D eigenvalue weighted by Crippen LogP contribution is -2.17. The van der Waals surface area contributed by atoms with E-state index in [4.69, 9.17) is 0 Å². The zero-order chi connectivity index (χ0) is 12.7. The molecule has 0 atom stereocenters. The minimum Gasteiger partial charge on any atom is -0.468 e. The number of ether oxygens (including phenoxy) is 1. The third-order valence-electron chi connectivity index (χ3n) is 2.31. The maximum atomic E-state index is 11.1. The number of nitrogens with one attached hydrogen (secondary N) is 2. The van der Waals surface area contributed by atoms with Gasteiger partial charge < -0.3 is 15.4 Å². The van der Waals surface area contributed by atoms with E-state index < -0.39 is 0 Å². The number of anilines is 2. The van der Waals surface area contributed by atoms with Gasteiger partial charge in [0, 0.05) is 12.6 Å². The summed E-state index contributed by atoms with van der Waals surface area (Å²) in [6, 6.07) is 0. The fourth-order valence-corrected chi connectivity index (χ4v) is 1.49. The van der Waals surface area contributed by atoms with Crippen molar-refractivity contribution in [3.63, 3.8) is 0 Å². The molecule has 0 aliphatic carbocycles. The van der Waals surface area contributed by atoms with E-state index in [0.717, 1.165) is 24.2 Å². The van der Waals surface area contributed by atoms with Crippen LogP contribution in [-0.2, 0) is 16.0 Å². The average molecular weight is 238 g/mol. The minimum atomic E-state index is -0.322. The van der Waals surface area contributed by atoms with Gasteiger partial charge >= 0.3 is 5.97 Å². The molecule has 0 radical (unpaired) electrons. The van der Waals surface area contributed by atoms with Crippen molar-refractivity contribution in [2.24, 2.45) is 0 Å². The predicted octanol–water partition coefficient (Wildman–Crippen LogP) is 1.06. The maximum absolute atomic E-state index is 11.1. The molecule has 1 rings (SSSR count). The van der Waals surface area contributed by atoms with E-state index in [-0.39, 0.29) is 12.5 Å². The van der Waals surface area contributed by atoms with E-state index in [1.165, 1.54) is 13.4 Å². The monoisotopic (exact) mass is 238 g/mol. The lowest BCUT2D eigenvalue weighted by atomic mass is 10.1. The van der Waals surface area contributed by atoms with Crippen molar-refractivity contribution in [3.8, 4) is 0 Å². The van der Waals surface area contributed by atoms with E-state index in [1.54, 1.807) is 0 Å². The van der Waals surface area contributed by atoms with Crippen LogP contribution in [0.25, 0.3) is 0 Å². The minimum absolute atomic E-state index is 0.105. The van der Waals surface area contributed by atoms with E-state index in [2.05, 4.69) is 32.3 Å². The van der Waals surface area contributed by atoms with Crippen LogP contribution in [-0.4, -0.2) is 36.6 Å². The number of carbonyl (C=O) groups excluding carboxylic acids is 1. The van der Waals surface area contributed by atoms with Crippen LogP contribution in [0.1, 0.15) is 18.9 Å². The molecule has 0 saturated heterocycles. The molecule has 0 aromatic carbocycles. The molecule has 0 aliphatic heterocycles. The largest absolute Gasteiger partial charge is 0.468 e. The summed E-state index contributed by atoms with van der Waals surface area (Å²) in [4.78, 5) is 19.4. The Kier molecular flexibility index (Phi) is 5.19. The van der Waals surface area contributed by atoms with Crippen LogP contribution in [0.3, 0.4) is 0 Å². The molecule has 1 heterocycles. The molecule has 17 heavy (non-hydrogen) atoms. The summed E-state index contributed by atoms with van der Waals surface area (Å²) in [6.45, 7) is 2.18. The van der Waals surface area contributed by atoms with E-state index in [1.807, 2.05) is 7.05 Å². The second-order valence-corrected chi connectivity index (χ2v) is 3.48. The Morgan fingerprint density at radius 2 is 2.12 bits per heavy atom. The van der Waals surface area contributed by atoms with Crippen molar-refractivity contribution in [3.05, 3.63) is 11.9 Å². The van der Waals surface area contributed by atoms with E-state index >= 15 is 0 Å². The Labute approximate surface area is 101 Å². The Bertz CT molecular complexity index is 382. The van der Waals surface area contributed by atoms with Gasteiger partial charge in [-0.3, -0.25) is 4.79 Å². The fourth-order valence-electron chi connectivity index (χ4n) is 1.49. The third kappa shape index (κ3) is 3.58. The number of nitrogens with zero attached hydrogens (tertiary/aromatic N) is 2. The fraction of sp³-hybridized carbons (Fsp3) is 0.545. The summed E-state index contributed by atoms with van der Waals surface area (Å²) < 4.78 is 4.57. The Morgan fingerprint density at radius 3 is 2.71 bits per heavy atom. The molecule has 0 spiro atoms. The molecule has 0 unspecified atom stereocenters. The number of aromatic nitrogens is 2. The van der Waals surface area contributed by atoms with E-state index in [9.17, 15) is 4.79 Å². The first-order valence-corrected chi connectivity index (χ1v) is 5.55. The first-order chi connectivity index (χ1) is 8.22. The quantitative estimate of drug-likeness (QED) is 0.722. The Hall–Kier alpha value is -1.85. The van der Waals surface area contributed by atoms with Gasteiger partial charge in [-0.05, 0) is 6.42 Å². The van der Waals surface area contributed by atoms with Gasteiger partial charge in [0.1, 0.15) is 24.5 Å². The second kappa shape index (κ2) is 6.67. The normalized spacial score (nSPS) is 9.82. The molecule has 1 aromatic rings. The zero-order valence-electron chi connectivity index (χ0n) is 10.4. The molecule has 6 nitrogen and oxygen atoms in total. The summed E-state index contributed by atoms with van der Waals surface area (Å²) in [5.41, 5.74) is 0.987. The Balaban J connectivity index is 2.85. The number of methoxy groups -OCH3 is 1. The molecule has 0 fully saturated rings. The highest BCUT2D eigenvalue weighted by Gasteiger charge is 2.10. The molecular formula is C11H18N4O2. The van der Waals surface area contributed by atoms with Gasteiger partial charge in [-0.2, -0.15) is 0 Å². The highest BCUT2D eigenvalue weighted by Crippen LogP contribution is 2.20. The lowest BCUT2D eigenvalue weighted by molar-refractivity contribution is -0.138. The average Bonchev–Trinajstić information content (AvgIpc) is 2.37. The molecule has 0 bridgehead atoms. The van der Waals surface area contributed by atoms with Crippen molar-refractivity contribution in [2.75, 3.05) is 31.3 Å². The number of hydrogen-bond donors (Lipinski definition) is 2. The Morgan fingerprint density at radius 1 is 1.41 bits per heavy atom. The van der Waals surface area contributed by atoms with Crippen molar-refractivity contribution < 1.29 is 9.53 Å². The van der Waals surface area contributed by atoms with Crippen LogP contribution in [0.2, 0.25) is 0 Å². The number of hydrogen-bond acceptors (Lipinski definition) is 6. The van der Waals surface area contributed by atoms with Crippen LogP contribution in [0.5, 0.6) is 0 Å². The highest BCUT2D eigenvalue weighted by molar-refractivity contribution is 5.75. The van der Waals surface area contributed by atoms with Gasteiger partial charge in [0.2, 0.25) is 0 Å². The van der Waals surface area contributed by atoms with Crippen LogP contribution in [0.4, 0.5) is 11.6 Å². The summed E-state index contributed by atoms with van der Waals surface area (Å²) in [6.07, 6.45) is 3.29. The summed E-state index contributed by atoms with van der Waals surface area (Å²) in [5, 5.41) is 5.97. The summed E-state index contributed by atoms with van der Waals surface area (Å²) in [7, 11) is 3.17.